The molecule has 0 bridgehead atoms. The van der Waals surface area contributed by atoms with Gasteiger partial charge in [0.25, 0.3) is 0 Å². The molecular formula is C16H25N3O3S. The Bertz CT molecular complexity index is 471. The van der Waals surface area contributed by atoms with Crippen molar-refractivity contribution in [3.05, 3.63) is 0 Å². The molecule has 0 spiro atoms. The largest absolute Gasteiger partial charge is 0.354 e. The number of likely N-dealkylation sites (tertiary alicyclic amines) is 1. The van der Waals surface area contributed by atoms with E-state index in [1.165, 1.54) is 16.7 Å². The van der Waals surface area contributed by atoms with E-state index in [1.807, 2.05) is 6.26 Å². The van der Waals surface area contributed by atoms with Crippen molar-refractivity contribution in [2.45, 2.75) is 31.7 Å². The van der Waals surface area contributed by atoms with Crippen LogP contribution in [0.15, 0.2) is 0 Å². The minimum absolute atomic E-state index is 0.126. The SMILES string of the molecule is CSCC(C(=O)NCC1CNC1)N1C(=O)C2CCCCC2C1=O. The second-order valence-electron chi connectivity index (χ2n) is 6.78. The van der Waals surface area contributed by atoms with E-state index < -0.39 is 6.04 Å². The van der Waals surface area contributed by atoms with Crippen LogP contribution >= 0.6 is 11.8 Å². The summed E-state index contributed by atoms with van der Waals surface area (Å²) in [5, 5.41) is 6.10. The molecule has 3 aliphatic rings. The van der Waals surface area contributed by atoms with E-state index in [2.05, 4.69) is 10.6 Å². The molecule has 2 saturated heterocycles. The highest BCUT2D eigenvalue weighted by Crippen LogP contribution is 2.39. The van der Waals surface area contributed by atoms with Crippen molar-refractivity contribution in [3.63, 3.8) is 0 Å². The van der Waals surface area contributed by atoms with Gasteiger partial charge in [0.2, 0.25) is 17.7 Å². The zero-order chi connectivity index (χ0) is 16.4. The van der Waals surface area contributed by atoms with E-state index in [0.29, 0.717) is 18.2 Å². The average molecular weight is 339 g/mol. The van der Waals surface area contributed by atoms with Crippen molar-refractivity contribution >= 4 is 29.5 Å². The van der Waals surface area contributed by atoms with Crippen LogP contribution in [-0.2, 0) is 14.4 Å². The van der Waals surface area contributed by atoms with Crippen LogP contribution in [0.5, 0.6) is 0 Å². The fourth-order valence-electron chi connectivity index (χ4n) is 3.78. The van der Waals surface area contributed by atoms with Crippen molar-refractivity contribution in [1.82, 2.24) is 15.5 Å². The van der Waals surface area contributed by atoms with Gasteiger partial charge in [-0.1, -0.05) is 12.8 Å². The molecule has 128 valence electrons. The van der Waals surface area contributed by atoms with Crippen LogP contribution in [-0.4, -0.2) is 60.3 Å². The number of hydrogen-bond acceptors (Lipinski definition) is 5. The van der Waals surface area contributed by atoms with Gasteiger partial charge in [0.1, 0.15) is 6.04 Å². The smallest absolute Gasteiger partial charge is 0.244 e. The van der Waals surface area contributed by atoms with Gasteiger partial charge in [-0.3, -0.25) is 19.3 Å². The lowest BCUT2D eigenvalue weighted by Crippen LogP contribution is -2.54. The summed E-state index contributed by atoms with van der Waals surface area (Å²) < 4.78 is 0. The lowest BCUT2D eigenvalue weighted by Gasteiger charge is -2.29. The standard InChI is InChI=1S/C16H25N3O3S/c1-23-9-13(14(20)18-8-10-6-17-7-10)19-15(21)11-4-2-3-5-12(11)16(19)22/h10-13,17H,2-9H2,1H3,(H,18,20). The molecule has 2 N–H and O–H groups in total. The topological polar surface area (TPSA) is 78.5 Å². The number of rotatable bonds is 6. The molecule has 3 atom stereocenters. The molecule has 3 rings (SSSR count). The maximum Gasteiger partial charge on any atom is 0.244 e. The highest BCUT2D eigenvalue weighted by atomic mass is 32.2. The molecule has 0 aromatic carbocycles. The molecule has 2 heterocycles. The van der Waals surface area contributed by atoms with Crippen LogP contribution in [0.25, 0.3) is 0 Å². The molecular weight excluding hydrogens is 314 g/mol. The van der Waals surface area contributed by atoms with Gasteiger partial charge in [0.05, 0.1) is 11.8 Å². The van der Waals surface area contributed by atoms with Crippen LogP contribution in [0.3, 0.4) is 0 Å². The van der Waals surface area contributed by atoms with Gasteiger partial charge in [-0.05, 0) is 19.1 Å². The highest BCUT2D eigenvalue weighted by Gasteiger charge is 2.51. The predicted molar refractivity (Wildman–Crippen MR) is 88.8 cm³/mol. The first kappa shape index (κ1) is 16.8. The fraction of sp³-hybridized carbons (Fsp3) is 0.812. The number of imide groups is 1. The van der Waals surface area contributed by atoms with Crippen molar-refractivity contribution < 1.29 is 14.4 Å². The zero-order valence-corrected chi connectivity index (χ0v) is 14.4. The summed E-state index contributed by atoms with van der Waals surface area (Å²) in [6.45, 7) is 2.44. The first-order valence-electron chi connectivity index (χ1n) is 8.47. The van der Waals surface area contributed by atoms with Gasteiger partial charge in [-0.2, -0.15) is 11.8 Å². The van der Waals surface area contributed by atoms with Gasteiger partial charge in [-0.25, -0.2) is 0 Å². The summed E-state index contributed by atoms with van der Waals surface area (Å²) >= 11 is 1.50. The second-order valence-corrected chi connectivity index (χ2v) is 7.70. The van der Waals surface area contributed by atoms with Crippen molar-refractivity contribution in [2.75, 3.05) is 31.6 Å². The molecule has 6 nitrogen and oxygen atoms in total. The maximum absolute atomic E-state index is 12.7. The Morgan fingerprint density at radius 2 is 1.87 bits per heavy atom. The Morgan fingerprint density at radius 1 is 1.26 bits per heavy atom. The summed E-state index contributed by atoms with van der Waals surface area (Å²) in [5.41, 5.74) is 0. The Kier molecular flexibility index (Phi) is 5.26. The predicted octanol–water partition coefficient (Wildman–Crippen LogP) is 0.229. The lowest BCUT2D eigenvalue weighted by molar-refractivity contribution is -0.147. The fourth-order valence-corrected chi connectivity index (χ4v) is 4.39. The number of nitrogens with zero attached hydrogens (tertiary/aromatic N) is 1. The molecule has 2 aliphatic heterocycles. The summed E-state index contributed by atoms with van der Waals surface area (Å²) in [7, 11) is 0. The lowest BCUT2D eigenvalue weighted by atomic mass is 9.81. The molecule has 23 heavy (non-hydrogen) atoms. The molecule has 0 aromatic rings. The number of thioether (sulfide) groups is 1. The average Bonchev–Trinajstić information content (AvgIpc) is 2.76. The number of carbonyl (C=O) groups is 3. The molecule has 1 saturated carbocycles. The zero-order valence-electron chi connectivity index (χ0n) is 13.5. The summed E-state index contributed by atoms with van der Waals surface area (Å²) in [6.07, 6.45) is 5.47. The van der Waals surface area contributed by atoms with Crippen LogP contribution in [0, 0.1) is 17.8 Å². The van der Waals surface area contributed by atoms with Gasteiger partial charge in [0.15, 0.2) is 0 Å². The summed E-state index contributed by atoms with van der Waals surface area (Å²) in [4.78, 5) is 39.2. The van der Waals surface area contributed by atoms with E-state index in [-0.39, 0.29) is 29.6 Å². The molecule has 7 heteroatoms. The third-order valence-electron chi connectivity index (χ3n) is 5.25. The number of hydrogen-bond donors (Lipinski definition) is 2. The third kappa shape index (κ3) is 3.26. The quantitative estimate of drug-likeness (QED) is 0.677. The van der Waals surface area contributed by atoms with Crippen molar-refractivity contribution in [1.29, 1.82) is 0 Å². The first-order valence-corrected chi connectivity index (χ1v) is 9.87. The molecule has 3 fully saturated rings. The highest BCUT2D eigenvalue weighted by molar-refractivity contribution is 7.98. The Labute approximate surface area is 141 Å². The van der Waals surface area contributed by atoms with Gasteiger partial charge >= 0.3 is 0 Å². The minimum atomic E-state index is -0.663. The van der Waals surface area contributed by atoms with Gasteiger partial charge in [-0.15, -0.1) is 0 Å². The Hall–Kier alpha value is -1.08. The Balaban J connectivity index is 1.69. The maximum atomic E-state index is 12.7. The van der Waals surface area contributed by atoms with Crippen LogP contribution in [0.2, 0.25) is 0 Å². The second kappa shape index (κ2) is 7.21. The molecule has 1 aliphatic carbocycles. The molecule has 0 aromatic heterocycles. The van der Waals surface area contributed by atoms with Gasteiger partial charge < -0.3 is 10.6 Å². The van der Waals surface area contributed by atoms with Crippen LogP contribution < -0.4 is 10.6 Å². The van der Waals surface area contributed by atoms with Gasteiger partial charge in [0, 0.05) is 31.3 Å². The minimum Gasteiger partial charge on any atom is -0.354 e. The monoisotopic (exact) mass is 339 g/mol. The van der Waals surface area contributed by atoms with Crippen molar-refractivity contribution in [3.8, 4) is 0 Å². The summed E-state index contributed by atoms with van der Waals surface area (Å²) in [6, 6.07) is -0.663. The molecule has 3 unspecified atom stereocenters. The van der Waals surface area contributed by atoms with Crippen LogP contribution in [0.1, 0.15) is 25.7 Å². The third-order valence-corrected chi connectivity index (χ3v) is 5.89. The van der Waals surface area contributed by atoms with E-state index in [9.17, 15) is 14.4 Å². The molecule has 3 amide bonds. The van der Waals surface area contributed by atoms with Crippen molar-refractivity contribution in [2.24, 2.45) is 17.8 Å². The summed E-state index contributed by atoms with van der Waals surface area (Å²) in [5.74, 6) is 0.103. The van der Waals surface area contributed by atoms with E-state index >= 15 is 0 Å². The normalized spacial score (nSPS) is 29.2. The number of fused-ring (bicyclic) bond motifs is 1. The van der Waals surface area contributed by atoms with Crippen LogP contribution in [0.4, 0.5) is 0 Å². The molecule has 0 radical (unpaired) electrons. The number of carbonyl (C=O) groups excluding carboxylic acids is 3. The number of nitrogens with one attached hydrogen (secondary N) is 2. The van der Waals surface area contributed by atoms with E-state index in [1.54, 1.807) is 0 Å². The Morgan fingerprint density at radius 3 is 2.35 bits per heavy atom. The first-order chi connectivity index (χ1) is 11.1. The van der Waals surface area contributed by atoms with E-state index in [0.717, 1.165) is 38.8 Å². The number of amides is 3. The van der Waals surface area contributed by atoms with E-state index in [4.69, 9.17) is 0 Å².